The van der Waals surface area contributed by atoms with Gasteiger partial charge in [-0.25, -0.2) is 0 Å². The van der Waals surface area contributed by atoms with E-state index in [4.69, 9.17) is 4.74 Å². The van der Waals surface area contributed by atoms with E-state index in [9.17, 15) is 5.11 Å². The van der Waals surface area contributed by atoms with Gasteiger partial charge in [0.1, 0.15) is 12.4 Å². The van der Waals surface area contributed by atoms with Crippen LogP contribution in [-0.4, -0.2) is 30.4 Å². The minimum absolute atomic E-state index is 0.140. The Morgan fingerprint density at radius 2 is 2.00 bits per heavy atom. The highest BCUT2D eigenvalue weighted by Crippen LogP contribution is 2.40. The SMILES string of the molecule is CCCNC(CO)(COc1cc(C)cc(C)c1C)C1CC1. The lowest BCUT2D eigenvalue weighted by Gasteiger charge is -2.33. The van der Waals surface area contributed by atoms with E-state index in [0.29, 0.717) is 12.5 Å². The van der Waals surface area contributed by atoms with Gasteiger partial charge in [-0.05, 0) is 75.3 Å². The molecule has 1 aromatic carbocycles. The molecule has 1 saturated carbocycles. The summed E-state index contributed by atoms with van der Waals surface area (Å²) in [7, 11) is 0. The van der Waals surface area contributed by atoms with Crippen LogP contribution < -0.4 is 10.1 Å². The van der Waals surface area contributed by atoms with E-state index in [1.807, 2.05) is 0 Å². The summed E-state index contributed by atoms with van der Waals surface area (Å²) in [5, 5.41) is 13.5. The van der Waals surface area contributed by atoms with E-state index in [1.165, 1.54) is 29.5 Å². The molecule has 2 rings (SSSR count). The highest BCUT2D eigenvalue weighted by molar-refractivity contribution is 5.42. The number of hydrogen-bond donors (Lipinski definition) is 2. The number of aliphatic hydroxyl groups excluding tert-OH is 1. The normalized spacial score (nSPS) is 17.6. The van der Waals surface area contributed by atoms with Crippen molar-refractivity contribution in [3.63, 3.8) is 0 Å². The molecule has 0 amide bonds. The summed E-state index contributed by atoms with van der Waals surface area (Å²) in [6.45, 7) is 10.1. The maximum absolute atomic E-state index is 9.93. The molecule has 3 nitrogen and oxygen atoms in total. The van der Waals surface area contributed by atoms with Crippen LogP contribution in [0.2, 0.25) is 0 Å². The molecule has 0 saturated heterocycles. The van der Waals surface area contributed by atoms with E-state index in [0.717, 1.165) is 18.7 Å². The first-order valence-electron chi connectivity index (χ1n) is 8.09. The predicted molar refractivity (Wildman–Crippen MR) is 87.0 cm³/mol. The molecule has 0 aromatic heterocycles. The second-order valence-electron chi connectivity index (χ2n) is 6.51. The van der Waals surface area contributed by atoms with Gasteiger partial charge in [-0.1, -0.05) is 13.0 Å². The largest absolute Gasteiger partial charge is 0.491 e. The minimum Gasteiger partial charge on any atom is -0.491 e. The zero-order chi connectivity index (χ0) is 15.5. The molecule has 1 aliphatic carbocycles. The lowest BCUT2D eigenvalue weighted by atomic mass is 9.95. The molecule has 3 heteroatoms. The third-order valence-electron chi connectivity index (χ3n) is 4.62. The third-order valence-corrected chi connectivity index (χ3v) is 4.62. The van der Waals surface area contributed by atoms with Gasteiger partial charge in [0.2, 0.25) is 0 Å². The maximum Gasteiger partial charge on any atom is 0.122 e. The molecule has 1 unspecified atom stereocenters. The minimum atomic E-state index is -0.278. The Hall–Kier alpha value is -1.06. The Bertz CT molecular complexity index is 482. The first-order chi connectivity index (χ1) is 10.0. The number of ether oxygens (including phenoxy) is 1. The quantitative estimate of drug-likeness (QED) is 0.773. The fraction of sp³-hybridized carbons (Fsp3) is 0.667. The number of nitrogens with one attached hydrogen (secondary N) is 1. The lowest BCUT2D eigenvalue weighted by molar-refractivity contribution is 0.0847. The van der Waals surface area contributed by atoms with Gasteiger partial charge in [-0.3, -0.25) is 0 Å². The maximum atomic E-state index is 9.93. The Morgan fingerprint density at radius 1 is 1.29 bits per heavy atom. The Kier molecular flexibility index (Phi) is 5.28. The monoisotopic (exact) mass is 291 g/mol. The molecule has 2 N–H and O–H groups in total. The van der Waals surface area contributed by atoms with Crippen molar-refractivity contribution in [2.75, 3.05) is 19.8 Å². The molecule has 1 atom stereocenters. The molecule has 1 fully saturated rings. The van der Waals surface area contributed by atoms with Gasteiger partial charge in [0.25, 0.3) is 0 Å². The molecule has 0 heterocycles. The van der Waals surface area contributed by atoms with Crippen LogP contribution in [0.25, 0.3) is 0 Å². The summed E-state index contributed by atoms with van der Waals surface area (Å²) >= 11 is 0. The molecular weight excluding hydrogens is 262 g/mol. The number of rotatable bonds is 8. The van der Waals surface area contributed by atoms with Crippen molar-refractivity contribution in [1.29, 1.82) is 0 Å². The summed E-state index contributed by atoms with van der Waals surface area (Å²) in [5.41, 5.74) is 3.39. The van der Waals surface area contributed by atoms with Crippen molar-refractivity contribution in [2.45, 2.75) is 52.5 Å². The highest BCUT2D eigenvalue weighted by atomic mass is 16.5. The van der Waals surface area contributed by atoms with Crippen molar-refractivity contribution in [1.82, 2.24) is 5.32 Å². The highest BCUT2D eigenvalue weighted by Gasteiger charge is 2.45. The van der Waals surface area contributed by atoms with Gasteiger partial charge in [0, 0.05) is 0 Å². The van der Waals surface area contributed by atoms with E-state index in [1.54, 1.807) is 0 Å². The van der Waals surface area contributed by atoms with Crippen LogP contribution in [0.5, 0.6) is 5.75 Å². The Morgan fingerprint density at radius 3 is 2.57 bits per heavy atom. The molecule has 1 aliphatic rings. The van der Waals surface area contributed by atoms with Crippen molar-refractivity contribution in [2.24, 2.45) is 5.92 Å². The zero-order valence-electron chi connectivity index (χ0n) is 13.8. The van der Waals surface area contributed by atoms with Gasteiger partial charge >= 0.3 is 0 Å². The summed E-state index contributed by atoms with van der Waals surface area (Å²) in [5.74, 6) is 1.49. The van der Waals surface area contributed by atoms with Gasteiger partial charge in [0.15, 0.2) is 0 Å². The number of benzene rings is 1. The average molecular weight is 291 g/mol. The standard InChI is InChI=1S/C18H29NO2/c1-5-8-19-18(11-20,16-6-7-16)12-21-17-10-13(2)9-14(3)15(17)4/h9-10,16,19-20H,5-8,11-12H2,1-4H3. The van der Waals surface area contributed by atoms with Crippen molar-refractivity contribution in [3.05, 3.63) is 28.8 Å². The van der Waals surface area contributed by atoms with Crippen LogP contribution >= 0.6 is 0 Å². The lowest BCUT2D eigenvalue weighted by Crippen LogP contribution is -2.55. The molecule has 118 valence electrons. The third kappa shape index (κ3) is 3.78. The number of hydrogen-bond acceptors (Lipinski definition) is 3. The van der Waals surface area contributed by atoms with Crippen molar-refractivity contribution in [3.8, 4) is 5.75 Å². The van der Waals surface area contributed by atoms with Crippen LogP contribution in [0.15, 0.2) is 12.1 Å². The van der Waals surface area contributed by atoms with Gasteiger partial charge in [0.05, 0.1) is 12.1 Å². The summed E-state index contributed by atoms with van der Waals surface area (Å²) in [6, 6.07) is 4.27. The Labute approximate surface area is 128 Å². The summed E-state index contributed by atoms with van der Waals surface area (Å²) in [4.78, 5) is 0. The van der Waals surface area contributed by atoms with Crippen LogP contribution in [0.1, 0.15) is 42.9 Å². The molecule has 0 aliphatic heterocycles. The van der Waals surface area contributed by atoms with Crippen LogP contribution in [-0.2, 0) is 0 Å². The predicted octanol–water partition coefficient (Wildman–Crippen LogP) is 3.13. The molecule has 0 bridgehead atoms. The number of aryl methyl sites for hydroxylation is 2. The molecule has 1 aromatic rings. The van der Waals surface area contributed by atoms with Crippen LogP contribution in [0.4, 0.5) is 0 Å². The molecule has 0 spiro atoms. The summed E-state index contributed by atoms with van der Waals surface area (Å²) < 4.78 is 6.13. The summed E-state index contributed by atoms with van der Waals surface area (Å²) in [6.07, 6.45) is 3.44. The second kappa shape index (κ2) is 6.80. The fourth-order valence-corrected chi connectivity index (χ4v) is 2.91. The van der Waals surface area contributed by atoms with E-state index in [-0.39, 0.29) is 12.1 Å². The van der Waals surface area contributed by atoms with E-state index < -0.39 is 0 Å². The first kappa shape index (κ1) is 16.3. The zero-order valence-corrected chi connectivity index (χ0v) is 13.8. The second-order valence-corrected chi connectivity index (χ2v) is 6.51. The number of aliphatic hydroxyl groups is 1. The van der Waals surface area contributed by atoms with Gasteiger partial charge in [-0.2, -0.15) is 0 Å². The van der Waals surface area contributed by atoms with Crippen LogP contribution in [0, 0.1) is 26.7 Å². The van der Waals surface area contributed by atoms with Crippen LogP contribution in [0.3, 0.4) is 0 Å². The Balaban J connectivity index is 2.11. The van der Waals surface area contributed by atoms with Gasteiger partial charge in [-0.15, -0.1) is 0 Å². The fourth-order valence-electron chi connectivity index (χ4n) is 2.91. The molecule has 21 heavy (non-hydrogen) atoms. The smallest absolute Gasteiger partial charge is 0.122 e. The van der Waals surface area contributed by atoms with E-state index >= 15 is 0 Å². The molecular formula is C18H29NO2. The first-order valence-corrected chi connectivity index (χ1v) is 8.09. The molecule has 0 radical (unpaired) electrons. The van der Waals surface area contributed by atoms with Crippen molar-refractivity contribution < 1.29 is 9.84 Å². The van der Waals surface area contributed by atoms with Gasteiger partial charge < -0.3 is 15.2 Å². The van der Waals surface area contributed by atoms with E-state index in [2.05, 4.69) is 45.1 Å². The topological polar surface area (TPSA) is 41.5 Å². The average Bonchev–Trinajstić information content (AvgIpc) is 3.29. The van der Waals surface area contributed by atoms with Crippen molar-refractivity contribution >= 4 is 0 Å².